The summed E-state index contributed by atoms with van der Waals surface area (Å²) < 4.78 is 5.97. The van der Waals surface area contributed by atoms with Crippen LogP contribution < -0.4 is 5.32 Å². The van der Waals surface area contributed by atoms with E-state index in [4.69, 9.17) is 9.84 Å². The molecule has 2 unspecified atom stereocenters. The Balaban J connectivity index is 2.66. The Labute approximate surface area is 133 Å². The molecule has 0 aliphatic heterocycles. The van der Waals surface area contributed by atoms with E-state index in [1.807, 2.05) is 20.8 Å². The smallest absolute Gasteiger partial charge is 0.305 e. The lowest BCUT2D eigenvalue weighted by atomic mass is 9.85. The number of amides is 1. The molecule has 22 heavy (non-hydrogen) atoms. The van der Waals surface area contributed by atoms with Crippen LogP contribution in [0.15, 0.2) is 0 Å². The summed E-state index contributed by atoms with van der Waals surface area (Å²) in [5.41, 5.74) is -0.758. The third-order valence-electron chi connectivity index (χ3n) is 4.77. The average molecular weight is 313 g/mol. The highest BCUT2D eigenvalue weighted by Gasteiger charge is 2.35. The van der Waals surface area contributed by atoms with Crippen molar-refractivity contribution in [2.75, 3.05) is 0 Å². The highest BCUT2D eigenvalue weighted by molar-refractivity contribution is 5.82. The molecule has 0 bridgehead atoms. The van der Waals surface area contributed by atoms with Crippen molar-refractivity contribution < 1.29 is 19.4 Å². The van der Waals surface area contributed by atoms with Gasteiger partial charge >= 0.3 is 5.97 Å². The van der Waals surface area contributed by atoms with Crippen molar-refractivity contribution in [1.29, 1.82) is 0 Å². The predicted molar refractivity (Wildman–Crippen MR) is 85.7 cm³/mol. The minimum atomic E-state index is -0.905. The lowest BCUT2D eigenvalue weighted by Crippen LogP contribution is -2.54. The second-order valence-electron chi connectivity index (χ2n) is 6.92. The number of carboxylic acids is 1. The number of aliphatic carboxylic acids is 1. The van der Waals surface area contributed by atoms with Crippen LogP contribution in [0.4, 0.5) is 0 Å². The van der Waals surface area contributed by atoms with Gasteiger partial charge in [0.25, 0.3) is 0 Å². The van der Waals surface area contributed by atoms with E-state index in [9.17, 15) is 9.59 Å². The number of ether oxygens (including phenoxy) is 1. The van der Waals surface area contributed by atoms with Crippen LogP contribution in [0.5, 0.6) is 0 Å². The first kappa shape index (κ1) is 18.9. The van der Waals surface area contributed by atoms with Gasteiger partial charge in [0.1, 0.15) is 6.10 Å². The van der Waals surface area contributed by atoms with Crippen molar-refractivity contribution in [1.82, 2.24) is 5.32 Å². The summed E-state index contributed by atoms with van der Waals surface area (Å²) in [7, 11) is 0. The molecule has 0 saturated heterocycles. The minimum absolute atomic E-state index is 0.0275. The van der Waals surface area contributed by atoms with E-state index in [2.05, 4.69) is 5.32 Å². The molecule has 0 aromatic carbocycles. The number of nitrogens with one attached hydrogen (secondary N) is 1. The molecule has 0 radical (unpaired) electrons. The van der Waals surface area contributed by atoms with Gasteiger partial charge in [0.2, 0.25) is 5.91 Å². The van der Waals surface area contributed by atoms with Crippen molar-refractivity contribution >= 4 is 11.9 Å². The van der Waals surface area contributed by atoms with Crippen LogP contribution in [0.25, 0.3) is 0 Å². The van der Waals surface area contributed by atoms with Crippen LogP contribution in [-0.2, 0) is 14.3 Å². The Kier molecular flexibility index (Phi) is 7.33. The van der Waals surface area contributed by atoms with E-state index in [1.165, 1.54) is 6.42 Å². The second kappa shape index (κ2) is 8.51. The Bertz CT molecular complexity index is 377. The molecule has 1 aliphatic rings. The largest absolute Gasteiger partial charge is 0.481 e. The molecular weight excluding hydrogens is 282 g/mol. The van der Waals surface area contributed by atoms with Crippen molar-refractivity contribution in [2.45, 2.75) is 90.4 Å². The van der Waals surface area contributed by atoms with E-state index in [0.29, 0.717) is 6.42 Å². The molecule has 1 aliphatic carbocycles. The molecule has 0 heterocycles. The summed E-state index contributed by atoms with van der Waals surface area (Å²) in [4.78, 5) is 23.6. The van der Waals surface area contributed by atoms with Gasteiger partial charge in [0, 0.05) is 0 Å². The van der Waals surface area contributed by atoms with Gasteiger partial charge in [-0.25, -0.2) is 0 Å². The van der Waals surface area contributed by atoms with E-state index < -0.39 is 17.6 Å². The van der Waals surface area contributed by atoms with Crippen molar-refractivity contribution in [3.63, 3.8) is 0 Å². The summed E-state index contributed by atoms with van der Waals surface area (Å²) in [5.74, 6) is -1.07. The topological polar surface area (TPSA) is 75.6 Å². The molecule has 0 aromatic heterocycles. The fourth-order valence-electron chi connectivity index (χ4n) is 2.85. The first-order valence-electron chi connectivity index (χ1n) is 8.47. The van der Waals surface area contributed by atoms with Gasteiger partial charge in [0.15, 0.2) is 0 Å². The van der Waals surface area contributed by atoms with E-state index in [-0.39, 0.29) is 24.3 Å². The number of carbonyl (C=O) groups is 2. The SMILES string of the molecule is CCC(OC1CCCCC1)C(=O)NC(C)(CC(=O)O)C(C)C. The van der Waals surface area contributed by atoms with Crippen LogP contribution in [0.1, 0.15) is 72.6 Å². The van der Waals surface area contributed by atoms with Crippen molar-refractivity contribution in [3.05, 3.63) is 0 Å². The van der Waals surface area contributed by atoms with Gasteiger partial charge in [-0.3, -0.25) is 9.59 Å². The molecule has 128 valence electrons. The molecular formula is C17H31NO4. The maximum absolute atomic E-state index is 12.5. The van der Waals surface area contributed by atoms with Crippen LogP contribution in [-0.4, -0.2) is 34.7 Å². The average Bonchev–Trinajstić information content (AvgIpc) is 2.44. The third-order valence-corrected chi connectivity index (χ3v) is 4.77. The van der Waals surface area contributed by atoms with E-state index in [0.717, 1.165) is 25.7 Å². The second-order valence-corrected chi connectivity index (χ2v) is 6.92. The zero-order valence-electron chi connectivity index (χ0n) is 14.4. The zero-order chi connectivity index (χ0) is 16.8. The van der Waals surface area contributed by atoms with Crippen LogP contribution >= 0.6 is 0 Å². The number of carboxylic acid groups (broad SMARTS) is 1. The third kappa shape index (κ3) is 5.59. The highest BCUT2D eigenvalue weighted by Crippen LogP contribution is 2.24. The molecule has 1 fully saturated rings. The molecule has 1 amide bonds. The van der Waals surface area contributed by atoms with Gasteiger partial charge in [-0.1, -0.05) is 40.0 Å². The van der Waals surface area contributed by atoms with Gasteiger partial charge in [0.05, 0.1) is 18.1 Å². The van der Waals surface area contributed by atoms with Gasteiger partial charge in [-0.05, 0) is 32.1 Å². The van der Waals surface area contributed by atoms with Crippen molar-refractivity contribution in [3.8, 4) is 0 Å². The lowest BCUT2D eigenvalue weighted by molar-refractivity contribution is -0.143. The summed E-state index contributed by atoms with van der Waals surface area (Å²) in [6.45, 7) is 7.56. The Morgan fingerprint density at radius 3 is 2.32 bits per heavy atom. The lowest BCUT2D eigenvalue weighted by Gasteiger charge is -2.35. The highest BCUT2D eigenvalue weighted by atomic mass is 16.5. The van der Waals surface area contributed by atoms with E-state index in [1.54, 1.807) is 6.92 Å². The number of rotatable bonds is 8. The fraction of sp³-hybridized carbons (Fsp3) is 0.882. The molecule has 5 nitrogen and oxygen atoms in total. The molecule has 1 rings (SSSR count). The quantitative estimate of drug-likeness (QED) is 0.722. The van der Waals surface area contributed by atoms with Crippen molar-refractivity contribution in [2.24, 2.45) is 5.92 Å². The Morgan fingerprint density at radius 1 is 1.27 bits per heavy atom. The Hall–Kier alpha value is -1.10. The molecule has 5 heteroatoms. The molecule has 1 saturated carbocycles. The summed E-state index contributed by atoms with van der Waals surface area (Å²) in [5, 5.41) is 12.0. The number of carbonyl (C=O) groups excluding carboxylic acids is 1. The van der Waals surface area contributed by atoms with Gasteiger partial charge in [-0.2, -0.15) is 0 Å². The maximum Gasteiger partial charge on any atom is 0.305 e. The van der Waals surface area contributed by atoms with E-state index >= 15 is 0 Å². The predicted octanol–water partition coefficient (Wildman–Crippen LogP) is 3.12. The van der Waals surface area contributed by atoms with Crippen LogP contribution in [0.3, 0.4) is 0 Å². The summed E-state index contributed by atoms with van der Waals surface area (Å²) in [6.07, 6.45) is 5.77. The minimum Gasteiger partial charge on any atom is -0.481 e. The first-order valence-corrected chi connectivity index (χ1v) is 8.47. The summed E-state index contributed by atoms with van der Waals surface area (Å²) in [6, 6.07) is 0. The maximum atomic E-state index is 12.5. The monoisotopic (exact) mass is 313 g/mol. The molecule has 0 aromatic rings. The molecule has 2 N–H and O–H groups in total. The fourth-order valence-corrected chi connectivity index (χ4v) is 2.85. The molecule has 0 spiro atoms. The first-order chi connectivity index (χ1) is 10.3. The van der Waals surface area contributed by atoms with Gasteiger partial charge in [-0.15, -0.1) is 0 Å². The normalized spacial score (nSPS) is 20.4. The van der Waals surface area contributed by atoms with Gasteiger partial charge < -0.3 is 15.2 Å². The number of hydrogen-bond donors (Lipinski definition) is 2. The zero-order valence-corrected chi connectivity index (χ0v) is 14.4. The molecule has 2 atom stereocenters. The van der Waals surface area contributed by atoms with Crippen LogP contribution in [0.2, 0.25) is 0 Å². The number of hydrogen-bond acceptors (Lipinski definition) is 3. The van der Waals surface area contributed by atoms with Crippen LogP contribution in [0, 0.1) is 5.92 Å². The standard InChI is InChI=1S/C17H31NO4/c1-5-14(22-13-9-7-6-8-10-13)16(21)18-17(4,12(2)3)11-15(19)20/h12-14H,5-11H2,1-4H3,(H,18,21)(H,19,20). The summed E-state index contributed by atoms with van der Waals surface area (Å²) >= 11 is 0. The Morgan fingerprint density at radius 2 is 1.86 bits per heavy atom.